The molecule has 4 rings (SSSR count). The second-order valence-corrected chi connectivity index (χ2v) is 9.98. The zero-order valence-electron chi connectivity index (χ0n) is 18.7. The monoisotopic (exact) mass is 468 g/mol. The summed E-state index contributed by atoms with van der Waals surface area (Å²) in [5.74, 6) is 0.711. The Kier molecular flexibility index (Phi) is 6.96. The summed E-state index contributed by atoms with van der Waals surface area (Å²) < 4.78 is 6.21. The molecule has 32 heavy (non-hydrogen) atoms. The number of ether oxygens (including phenoxy) is 1. The van der Waals surface area contributed by atoms with Crippen molar-refractivity contribution in [1.82, 2.24) is 9.80 Å². The number of carbonyl (C=O) groups is 2. The Morgan fingerprint density at radius 3 is 2.72 bits per heavy atom. The summed E-state index contributed by atoms with van der Waals surface area (Å²) >= 11 is 3.14. The molecule has 0 spiro atoms. The molecular weight excluding hydrogens is 440 g/mol. The second-order valence-electron chi connectivity index (χ2n) is 8.03. The van der Waals surface area contributed by atoms with Gasteiger partial charge in [-0.1, -0.05) is 23.8 Å². The van der Waals surface area contributed by atoms with Gasteiger partial charge in [-0.05, 0) is 67.3 Å². The van der Waals surface area contributed by atoms with Crippen molar-refractivity contribution in [2.24, 2.45) is 0 Å². The molecule has 1 aliphatic heterocycles. The molecule has 7 heteroatoms. The SMILES string of the molecule is CCN(CC(=O)N1CCc2sccc2C1COc1ccc(C)cc1C)C(=O)c1cccs1. The number of likely N-dealkylation sites (N-methyl/N-ethyl adjacent to an activating group) is 1. The predicted octanol–water partition coefficient (Wildman–Crippen LogP) is 5.09. The van der Waals surface area contributed by atoms with Gasteiger partial charge < -0.3 is 14.5 Å². The van der Waals surface area contributed by atoms with E-state index in [9.17, 15) is 9.59 Å². The van der Waals surface area contributed by atoms with E-state index in [0.717, 1.165) is 23.3 Å². The lowest BCUT2D eigenvalue weighted by molar-refractivity contribution is -0.135. The summed E-state index contributed by atoms with van der Waals surface area (Å²) in [7, 11) is 0. The van der Waals surface area contributed by atoms with Crippen molar-refractivity contribution in [3.8, 4) is 5.75 Å². The molecule has 168 valence electrons. The lowest BCUT2D eigenvalue weighted by atomic mass is 10.00. The lowest BCUT2D eigenvalue weighted by Gasteiger charge is -2.37. The molecule has 1 aliphatic rings. The smallest absolute Gasteiger partial charge is 0.264 e. The van der Waals surface area contributed by atoms with Crippen LogP contribution in [0.1, 0.15) is 44.2 Å². The molecule has 1 aromatic carbocycles. The zero-order valence-corrected chi connectivity index (χ0v) is 20.3. The van der Waals surface area contributed by atoms with Crippen LogP contribution in [0.15, 0.2) is 47.2 Å². The number of nitrogens with zero attached hydrogens (tertiary/aromatic N) is 2. The van der Waals surface area contributed by atoms with Crippen molar-refractivity contribution >= 4 is 34.5 Å². The number of rotatable bonds is 7. The third-order valence-corrected chi connectivity index (χ3v) is 7.72. The molecule has 0 N–H and O–H groups in total. The van der Waals surface area contributed by atoms with Gasteiger partial charge in [0.15, 0.2) is 0 Å². The average molecular weight is 469 g/mol. The first-order valence-corrected chi connectivity index (χ1v) is 12.6. The summed E-state index contributed by atoms with van der Waals surface area (Å²) in [5, 5.41) is 3.97. The molecule has 1 unspecified atom stereocenters. The highest BCUT2D eigenvalue weighted by Crippen LogP contribution is 2.34. The second kappa shape index (κ2) is 9.88. The van der Waals surface area contributed by atoms with E-state index in [-0.39, 0.29) is 24.4 Å². The largest absolute Gasteiger partial charge is 0.491 e. The van der Waals surface area contributed by atoms with E-state index in [1.807, 2.05) is 42.3 Å². The van der Waals surface area contributed by atoms with Crippen LogP contribution in [0, 0.1) is 13.8 Å². The minimum Gasteiger partial charge on any atom is -0.491 e. The normalized spacial score (nSPS) is 15.3. The van der Waals surface area contributed by atoms with E-state index in [4.69, 9.17) is 4.74 Å². The van der Waals surface area contributed by atoms with E-state index in [0.29, 0.717) is 24.6 Å². The molecule has 2 amide bonds. The highest BCUT2D eigenvalue weighted by atomic mass is 32.1. The number of thiophene rings is 2. The van der Waals surface area contributed by atoms with Gasteiger partial charge in [0.2, 0.25) is 5.91 Å². The van der Waals surface area contributed by atoms with E-state index < -0.39 is 0 Å². The molecule has 2 aromatic heterocycles. The van der Waals surface area contributed by atoms with Crippen LogP contribution in [0.4, 0.5) is 0 Å². The molecule has 3 aromatic rings. The first-order valence-electron chi connectivity index (χ1n) is 10.9. The molecule has 3 heterocycles. The van der Waals surface area contributed by atoms with Crippen LogP contribution in [0.2, 0.25) is 0 Å². The molecular formula is C25H28N2O3S2. The van der Waals surface area contributed by atoms with Gasteiger partial charge in [-0.3, -0.25) is 9.59 Å². The minimum atomic E-state index is -0.159. The standard InChI is InChI=1S/C25H28N2O3S2/c1-4-26(25(29)23-6-5-12-31-23)15-24(28)27-11-9-22-19(10-13-32-22)20(27)16-30-21-8-7-17(2)14-18(21)3/h5-8,10,12-14,20H,4,9,11,15-16H2,1-3H3. The van der Waals surface area contributed by atoms with Crippen LogP contribution in [0.3, 0.4) is 0 Å². The number of benzene rings is 1. The number of aryl methyl sites for hydroxylation is 2. The Hall–Kier alpha value is -2.64. The molecule has 0 radical (unpaired) electrons. The molecule has 0 fully saturated rings. The van der Waals surface area contributed by atoms with E-state index in [1.54, 1.807) is 22.3 Å². The maximum Gasteiger partial charge on any atom is 0.264 e. The van der Waals surface area contributed by atoms with Crippen molar-refractivity contribution in [3.63, 3.8) is 0 Å². The zero-order chi connectivity index (χ0) is 22.7. The van der Waals surface area contributed by atoms with Crippen molar-refractivity contribution in [1.29, 1.82) is 0 Å². The van der Waals surface area contributed by atoms with Crippen LogP contribution in [-0.4, -0.2) is 47.9 Å². The van der Waals surface area contributed by atoms with Gasteiger partial charge in [0.25, 0.3) is 5.91 Å². The van der Waals surface area contributed by atoms with Gasteiger partial charge in [0.1, 0.15) is 18.9 Å². The minimum absolute atomic E-state index is 0.0390. The van der Waals surface area contributed by atoms with Crippen LogP contribution in [0.25, 0.3) is 0 Å². The van der Waals surface area contributed by atoms with Gasteiger partial charge in [-0.2, -0.15) is 0 Å². The Balaban J connectivity index is 1.51. The highest BCUT2D eigenvalue weighted by Gasteiger charge is 2.33. The Morgan fingerprint density at radius 2 is 2.00 bits per heavy atom. The van der Waals surface area contributed by atoms with E-state index >= 15 is 0 Å². The fraction of sp³-hybridized carbons (Fsp3) is 0.360. The van der Waals surface area contributed by atoms with Gasteiger partial charge in [0.05, 0.1) is 10.9 Å². The molecule has 0 aliphatic carbocycles. The van der Waals surface area contributed by atoms with Crippen molar-refractivity contribution in [2.45, 2.75) is 33.2 Å². The quantitative estimate of drug-likeness (QED) is 0.485. The number of hydrogen-bond acceptors (Lipinski definition) is 5. The van der Waals surface area contributed by atoms with Crippen LogP contribution in [-0.2, 0) is 11.2 Å². The van der Waals surface area contributed by atoms with Crippen molar-refractivity contribution in [2.75, 3.05) is 26.2 Å². The first kappa shape index (κ1) is 22.6. The topological polar surface area (TPSA) is 49.9 Å². The van der Waals surface area contributed by atoms with Crippen molar-refractivity contribution in [3.05, 3.63) is 73.6 Å². The van der Waals surface area contributed by atoms with E-state index in [2.05, 4.69) is 24.4 Å². The summed E-state index contributed by atoms with van der Waals surface area (Å²) in [6.45, 7) is 7.61. The third-order valence-electron chi connectivity index (χ3n) is 5.87. The molecule has 0 saturated heterocycles. The number of amides is 2. The van der Waals surface area contributed by atoms with Crippen LogP contribution < -0.4 is 4.74 Å². The maximum atomic E-state index is 13.4. The molecule has 1 atom stereocenters. The molecule has 5 nitrogen and oxygen atoms in total. The fourth-order valence-corrected chi connectivity index (χ4v) is 5.76. The number of hydrogen-bond donors (Lipinski definition) is 0. The Morgan fingerprint density at radius 1 is 1.16 bits per heavy atom. The van der Waals surface area contributed by atoms with Crippen molar-refractivity contribution < 1.29 is 14.3 Å². The maximum absolute atomic E-state index is 13.4. The number of fused-ring (bicyclic) bond motifs is 1. The summed E-state index contributed by atoms with van der Waals surface area (Å²) in [6, 6.07) is 11.7. The van der Waals surface area contributed by atoms with Crippen LogP contribution >= 0.6 is 22.7 Å². The number of carbonyl (C=O) groups excluding carboxylic acids is 2. The molecule has 0 bridgehead atoms. The van der Waals surface area contributed by atoms with Gasteiger partial charge in [-0.15, -0.1) is 22.7 Å². The van der Waals surface area contributed by atoms with E-state index in [1.165, 1.54) is 21.8 Å². The summed E-state index contributed by atoms with van der Waals surface area (Å²) in [4.78, 5) is 31.7. The predicted molar refractivity (Wildman–Crippen MR) is 130 cm³/mol. The lowest BCUT2D eigenvalue weighted by Crippen LogP contribution is -2.47. The Bertz CT molecular complexity index is 1090. The fourth-order valence-electron chi connectivity index (χ4n) is 4.14. The van der Waals surface area contributed by atoms with Gasteiger partial charge in [0, 0.05) is 18.0 Å². The van der Waals surface area contributed by atoms with Gasteiger partial charge >= 0.3 is 0 Å². The summed E-state index contributed by atoms with van der Waals surface area (Å²) in [6.07, 6.45) is 0.837. The van der Waals surface area contributed by atoms with Crippen LogP contribution in [0.5, 0.6) is 5.75 Å². The summed E-state index contributed by atoms with van der Waals surface area (Å²) in [5.41, 5.74) is 3.44. The molecule has 0 saturated carbocycles. The third kappa shape index (κ3) is 4.74. The first-order chi connectivity index (χ1) is 15.5. The van der Waals surface area contributed by atoms with Gasteiger partial charge in [-0.25, -0.2) is 0 Å². The highest BCUT2D eigenvalue weighted by molar-refractivity contribution is 7.12. The average Bonchev–Trinajstić information content (AvgIpc) is 3.48. The Labute approximate surface area is 197 Å².